The maximum absolute atomic E-state index is 13.0. The first-order valence-corrected chi connectivity index (χ1v) is 12.1. The third-order valence-electron chi connectivity index (χ3n) is 9.95. The Kier molecular flexibility index (Phi) is 4.69. The summed E-state index contributed by atoms with van der Waals surface area (Å²) in [5.74, 6) is -0.333. The van der Waals surface area contributed by atoms with E-state index in [4.69, 9.17) is 4.74 Å². The molecule has 0 saturated heterocycles. The predicted molar refractivity (Wildman–Crippen MR) is 121 cm³/mol. The zero-order chi connectivity index (χ0) is 24.1. The van der Waals surface area contributed by atoms with Crippen LogP contribution in [0.15, 0.2) is 6.07 Å². The summed E-state index contributed by atoms with van der Waals surface area (Å²) in [7, 11) is 0. The maximum atomic E-state index is 13.0. The number of phenolic OH excluding ortho intramolecular Hbond substituents is 1. The molecule has 2 fully saturated rings. The van der Waals surface area contributed by atoms with E-state index in [1.807, 2.05) is 0 Å². The highest BCUT2D eigenvalue weighted by atomic mass is 16.5. The van der Waals surface area contributed by atoms with Crippen LogP contribution in [0, 0.1) is 22.7 Å². The van der Waals surface area contributed by atoms with E-state index in [1.54, 1.807) is 0 Å². The highest BCUT2D eigenvalue weighted by Gasteiger charge is 2.67. The number of aliphatic hydroxyl groups is 1. The molecule has 1 spiro atoms. The number of carbonyl (C=O) groups is 2. The van der Waals surface area contributed by atoms with E-state index in [-0.39, 0.29) is 47.0 Å². The number of carboxylic acid groups (broad SMARTS) is 1. The minimum Gasteiger partial charge on any atom is -0.508 e. The number of rotatable bonds is 2. The molecule has 0 unspecified atom stereocenters. The molecule has 3 N–H and O–H groups in total. The average Bonchev–Trinajstić information content (AvgIpc) is 3.30. The fraction of sp³-hybridized carbons (Fsp3) is 0.692. The first-order valence-electron chi connectivity index (χ1n) is 12.1. The molecule has 0 bridgehead atoms. The molecule has 2 saturated carbocycles. The number of phenols is 1. The molecule has 5 rings (SSSR count). The summed E-state index contributed by atoms with van der Waals surface area (Å²) in [4.78, 5) is 25.9. The number of aliphatic carboxylic acids is 1. The number of carboxylic acids is 1. The van der Waals surface area contributed by atoms with Crippen LogP contribution in [-0.2, 0) is 17.8 Å². The van der Waals surface area contributed by atoms with E-state index in [9.17, 15) is 24.9 Å². The molecule has 6 atom stereocenters. The van der Waals surface area contributed by atoms with Gasteiger partial charge in [-0.25, -0.2) is 4.79 Å². The average molecular weight is 458 g/mol. The van der Waals surface area contributed by atoms with E-state index >= 15 is 0 Å². The number of aliphatic hydroxyl groups excluding tert-OH is 1. The number of benzene rings is 1. The van der Waals surface area contributed by atoms with Crippen LogP contribution in [0.2, 0.25) is 0 Å². The van der Waals surface area contributed by atoms with Crippen LogP contribution in [0.5, 0.6) is 11.5 Å². The summed E-state index contributed by atoms with van der Waals surface area (Å²) < 4.78 is 6.94. The summed E-state index contributed by atoms with van der Waals surface area (Å²) in [6, 6.07) is 0.532. The second-order valence-electron chi connectivity index (χ2n) is 11.7. The van der Waals surface area contributed by atoms with Crippen LogP contribution >= 0.6 is 0 Å². The first-order chi connectivity index (χ1) is 15.3. The van der Waals surface area contributed by atoms with Gasteiger partial charge in [0.15, 0.2) is 0 Å². The molecule has 2 aliphatic heterocycles. The molecule has 1 aromatic rings. The van der Waals surface area contributed by atoms with Gasteiger partial charge < -0.3 is 25.0 Å². The zero-order valence-electron chi connectivity index (χ0n) is 20.1. The van der Waals surface area contributed by atoms with Crippen molar-refractivity contribution in [1.82, 2.24) is 4.90 Å². The molecule has 7 nitrogen and oxygen atoms in total. The molecule has 180 valence electrons. The van der Waals surface area contributed by atoms with Gasteiger partial charge in [0, 0.05) is 23.0 Å². The molecule has 0 radical (unpaired) electrons. The highest BCUT2D eigenvalue weighted by molar-refractivity contribution is 6.02. The summed E-state index contributed by atoms with van der Waals surface area (Å²) in [6.07, 6.45) is 3.74. The molecule has 2 heterocycles. The summed E-state index contributed by atoms with van der Waals surface area (Å²) >= 11 is 0. The van der Waals surface area contributed by atoms with Crippen LogP contribution in [0.1, 0.15) is 81.8 Å². The van der Waals surface area contributed by atoms with Crippen LogP contribution < -0.4 is 4.74 Å². The molecular weight excluding hydrogens is 422 g/mol. The smallest absolute Gasteiger partial charge is 0.326 e. The van der Waals surface area contributed by atoms with Gasteiger partial charge in [0.1, 0.15) is 23.1 Å². The van der Waals surface area contributed by atoms with Gasteiger partial charge >= 0.3 is 5.97 Å². The summed E-state index contributed by atoms with van der Waals surface area (Å²) in [5.41, 5.74) is 0.752. The van der Waals surface area contributed by atoms with Crippen molar-refractivity contribution in [2.45, 2.75) is 91.0 Å². The van der Waals surface area contributed by atoms with Gasteiger partial charge in [0.25, 0.3) is 5.91 Å². The van der Waals surface area contributed by atoms with Gasteiger partial charge in [0.05, 0.1) is 18.2 Å². The summed E-state index contributed by atoms with van der Waals surface area (Å²) in [6.45, 7) is 10.5. The third kappa shape index (κ3) is 2.71. The lowest BCUT2D eigenvalue weighted by Gasteiger charge is -2.64. The Morgan fingerprint density at radius 1 is 1.21 bits per heavy atom. The third-order valence-corrected chi connectivity index (χ3v) is 9.95. The predicted octanol–water partition coefficient (Wildman–Crippen LogP) is 3.73. The fourth-order valence-corrected chi connectivity index (χ4v) is 7.74. The normalized spacial score (nSPS) is 37.3. The Hall–Kier alpha value is -2.28. The largest absolute Gasteiger partial charge is 0.508 e. The molecule has 33 heavy (non-hydrogen) atoms. The van der Waals surface area contributed by atoms with Crippen molar-refractivity contribution >= 4 is 11.9 Å². The summed E-state index contributed by atoms with van der Waals surface area (Å²) in [5, 5.41) is 31.2. The lowest BCUT2D eigenvalue weighted by atomic mass is 9.43. The van der Waals surface area contributed by atoms with Gasteiger partial charge in [-0.1, -0.05) is 27.7 Å². The Morgan fingerprint density at radius 2 is 1.91 bits per heavy atom. The Labute approximate surface area is 194 Å². The quantitative estimate of drug-likeness (QED) is 0.625. The number of carbonyl (C=O) groups excluding carboxylic acids is 1. The number of fused-ring (bicyclic) bond motifs is 5. The molecule has 1 aromatic carbocycles. The van der Waals surface area contributed by atoms with Crippen LogP contribution in [0.25, 0.3) is 0 Å². The number of amides is 1. The van der Waals surface area contributed by atoms with Crippen molar-refractivity contribution in [3.05, 3.63) is 22.8 Å². The van der Waals surface area contributed by atoms with Crippen molar-refractivity contribution in [2.24, 2.45) is 22.7 Å². The standard InChI is InChI=1S/C26H35NO6/c1-13-6-7-19-24(3,4)20(29)8-9-25(19,5)26(13)11-16-18(28)10-15-17(21(16)33-26)12-27(22(15)30)14(2)23(31)32/h10,13-14,19-20,28-29H,6-9,11-12H2,1-5H3,(H,31,32)/t13-,14-,19-,20+,25-,26-/m0/s1. The van der Waals surface area contributed by atoms with Crippen molar-refractivity contribution in [3.8, 4) is 11.5 Å². The fourth-order valence-electron chi connectivity index (χ4n) is 7.74. The second-order valence-corrected chi connectivity index (χ2v) is 11.7. The molecular formula is C26H35NO6. The minimum absolute atomic E-state index is 0.0480. The van der Waals surface area contributed by atoms with Gasteiger partial charge in [-0.3, -0.25) is 4.79 Å². The number of hydrogen-bond acceptors (Lipinski definition) is 5. The second kappa shape index (κ2) is 6.87. The molecule has 1 amide bonds. The molecule has 4 aliphatic rings. The van der Waals surface area contributed by atoms with Gasteiger partial charge in [-0.2, -0.15) is 0 Å². The van der Waals surface area contributed by atoms with E-state index in [1.165, 1.54) is 17.9 Å². The lowest BCUT2D eigenvalue weighted by Crippen LogP contribution is -2.66. The first kappa shape index (κ1) is 22.5. The lowest BCUT2D eigenvalue weighted by molar-refractivity contribution is -0.210. The van der Waals surface area contributed by atoms with Gasteiger partial charge in [0.2, 0.25) is 0 Å². The van der Waals surface area contributed by atoms with E-state index < -0.39 is 17.6 Å². The minimum atomic E-state index is -1.06. The van der Waals surface area contributed by atoms with E-state index in [2.05, 4.69) is 27.7 Å². The van der Waals surface area contributed by atoms with Gasteiger partial charge in [-0.05, 0) is 55.9 Å². The maximum Gasteiger partial charge on any atom is 0.326 e. The Bertz CT molecular complexity index is 1050. The van der Waals surface area contributed by atoms with E-state index in [0.29, 0.717) is 29.7 Å². The highest BCUT2D eigenvalue weighted by Crippen LogP contribution is 2.67. The van der Waals surface area contributed by atoms with Crippen molar-refractivity contribution < 1.29 is 29.6 Å². The molecule has 7 heteroatoms. The number of aromatic hydroxyl groups is 1. The Morgan fingerprint density at radius 3 is 2.58 bits per heavy atom. The van der Waals surface area contributed by atoms with Crippen LogP contribution in [0.3, 0.4) is 0 Å². The van der Waals surface area contributed by atoms with Crippen LogP contribution in [-0.4, -0.2) is 49.8 Å². The zero-order valence-corrected chi connectivity index (χ0v) is 20.1. The van der Waals surface area contributed by atoms with E-state index in [0.717, 1.165) is 24.8 Å². The van der Waals surface area contributed by atoms with Crippen molar-refractivity contribution in [3.63, 3.8) is 0 Å². The SMILES string of the molecule is C[C@@H](C(=O)O)N1Cc2c(cc(O)c3c2O[C@@]2(C3)[C@@H](C)CC[C@H]3C(C)(C)[C@H](O)CC[C@@]32C)C1=O. The van der Waals surface area contributed by atoms with Gasteiger partial charge in [-0.15, -0.1) is 0 Å². The molecule has 2 aliphatic carbocycles. The Balaban J connectivity index is 1.60. The van der Waals surface area contributed by atoms with Crippen LogP contribution in [0.4, 0.5) is 0 Å². The topological polar surface area (TPSA) is 107 Å². The monoisotopic (exact) mass is 457 g/mol. The number of ether oxygens (including phenoxy) is 1. The number of nitrogens with zero attached hydrogens (tertiary/aromatic N) is 1. The van der Waals surface area contributed by atoms with Crippen molar-refractivity contribution in [1.29, 1.82) is 0 Å². The number of hydrogen-bond donors (Lipinski definition) is 3. The molecule has 0 aromatic heterocycles. The van der Waals surface area contributed by atoms with Crippen molar-refractivity contribution in [2.75, 3.05) is 0 Å².